The summed E-state index contributed by atoms with van der Waals surface area (Å²) in [5.74, 6) is 0.560. The van der Waals surface area contributed by atoms with E-state index in [1.54, 1.807) is 25.0 Å². The molecule has 0 saturated carbocycles. The molecule has 5 heteroatoms. The molecule has 1 atom stereocenters. The molecule has 1 rings (SSSR count). The normalized spacial score (nSPS) is 11.4. The molecule has 0 aliphatic rings. The highest BCUT2D eigenvalue weighted by Gasteiger charge is 2.25. The van der Waals surface area contributed by atoms with Gasteiger partial charge in [0.05, 0.1) is 7.11 Å². The van der Waals surface area contributed by atoms with E-state index in [0.29, 0.717) is 19.5 Å². The van der Waals surface area contributed by atoms with Crippen molar-refractivity contribution in [1.29, 1.82) is 0 Å². The predicted molar refractivity (Wildman–Crippen MR) is 91.1 cm³/mol. The van der Waals surface area contributed by atoms with Gasteiger partial charge in [0.25, 0.3) is 0 Å². The average Bonchev–Trinajstić information content (AvgIpc) is 2.57. The topological polar surface area (TPSA) is 58.6 Å². The Hall–Kier alpha value is -2.30. The summed E-state index contributed by atoms with van der Waals surface area (Å²) >= 11 is 0. The summed E-state index contributed by atoms with van der Waals surface area (Å²) in [6, 6.07) is 6.97. The molecule has 0 radical (unpaired) electrons. The van der Waals surface area contributed by atoms with Crippen molar-refractivity contribution in [1.82, 2.24) is 10.2 Å². The zero-order valence-electron chi connectivity index (χ0n) is 14.2. The van der Waals surface area contributed by atoms with E-state index >= 15 is 0 Å². The second-order valence-electron chi connectivity index (χ2n) is 5.33. The molecule has 1 aromatic rings. The van der Waals surface area contributed by atoms with Gasteiger partial charge in [-0.3, -0.25) is 9.59 Å². The molecule has 126 valence electrons. The number of methoxy groups -OCH3 is 1. The first kappa shape index (κ1) is 18.7. The number of nitrogens with one attached hydrogen (secondary N) is 1. The van der Waals surface area contributed by atoms with Gasteiger partial charge in [0.1, 0.15) is 11.8 Å². The van der Waals surface area contributed by atoms with Crippen LogP contribution in [-0.4, -0.2) is 36.4 Å². The van der Waals surface area contributed by atoms with Gasteiger partial charge in [-0.15, -0.1) is 6.58 Å². The monoisotopic (exact) mass is 318 g/mol. The van der Waals surface area contributed by atoms with E-state index in [1.807, 2.05) is 31.2 Å². The van der Waals surface area contributed by atoms with Gasteiger partial charge < -0.3 is 15.0 Å². The van der Waals surface area contributed by atoms with E-state index in [2.05, 4.69) is 11.9 Å². The van der Waals surface area contributed by atoms with Crippen LogP contribution in [0.25, 0.3) is 0 Å². The van der Waals surface area contributed by atoms with Gasteiger partial charge in [0.15, 0.2) is 0 Å². The number of carbonyl (C=O) groups excluding carboxylic acids is 2. The van der Waals surface area contributed by atoms with E-state index < -0.39 is 6.04 Å². The summed E-state index contributed by atoms with van der Waals surface area (Å²) < 4.78 is 5.14. The van der Waals surface area contributed by atoms with Gasteiger partial charge in [0.2, 0.25) is 11.8 Å². The lowest BCUT2D eigenvalue weighted by Crippen LogP contribution is -2.47. The maximum Gasteiger partial charge on any atom is 0.242 e. The van der Waals surface area contributed by atoms with Gasteiger partial charge in [-0.05, 0) is 31.0 Å². The minimum atomic E-state index is -0.531. The molecule has 0 spiro atoms. The third-order valence-electron chi connectivity index (χ3n) is 3.56. The second kappa shape index (κ2) is 9.66. The Balaban J connectivity index is 2.88. The maximum absolute atomic E-state index is 12.4. The molecular formula is C18H26N2O3. The van der Waals surface area contributed by atoms with Crippen LogP contribution >= 0.6 is 0 Å². The Morgan fingerprint density at radius 2 is 2.00 bits per heavy atom. The lowest BCUT2D eigenvalue weighted by atomic mass is 10.1. The minimum Gasteiger partial charge on any atom is -0.497 e. The molecule has 0 aliphatic heterocycles. The van der Waals surface area contributed by atoms with Crippen LogP contribution in [0.3, 0.4) is 0 Å². The van der Waals surface area contributed by atoms with Crippen LogP contribution in [0.5, 0.6) is 5.75 Å². The summed E-state index contributed by atoms with van der Waals surface area (Å²) in [7, 11) is 1.61. The lowest BCUT2D eigenvalue weighted by molar-refractivity contribution is -0.140. The fraction of sp³-hybridized carbons (Fsp3) is 0.444. The molecule has 0 aliphatic carbocycles. The highest BCUT2D eigenvalue weighted by atomic mass is 16.5. The standard InChI is InChI=1S/C18H26N2O3/c1-5-7-17(21)20(14(3)18(22)19-12-6-2)13-15-8-10-16(23-4)11-9-15/h6,8-11,14H,2,5,7,12-13H2,1,3-4H3,(H,19,22)/t14-/m1/s1. The smallest absolute Gasteiger partial charge is 0.242 e. The van der Waals surface area contributed by atoms with Crippen molar-refractivity contribution < 1.29 is 14.3 Å². The molecule has 0 fully saturated rings. The average molecular weight is 318 g/mol. The van der Waals surface area contributed by atoms with Crippen molar-refractivity contribution in [2.75, 3.05) is 13.7 Å². The molecule has 23 heavy (non-hydrogen) atoms. The lowest BCUT2D eigenvalue weighted by Gasteiger charge is -2.28. The van der Waals surface area contributed by atoms with Crippen LogP contribution in [0.15, 0.2) is 36.9 Å². The first-order valence-electron chi connectivity index (χ1n) is 7.84. The van der Waals surface area contributed by atoms with Crippen LogP contribution < -0.4 is 10.1 Å². The maximum atomic E-state index is 12.4. The SMILES string of the molecule is C=CCNC(=O)[C@@H](C)N(Cc1ccc(OC)cc1)C(=O)CCC. The highest BCUT2D eigenvalue weighted by Crippen LogP contribution is 2.15. The van der Waals surface area contributed by atoms with Crippen molar-refractivity contribution >= 4 is 11.8 Å². The fourth-order valence-electron chi connectivity index (χ4n) is 2.19. The van der Waals surface area contributed by atoms with Crippen LogP contribution in [0, 0.1) is 0 Å². The van der Waals surface area contributed by atoms with Crippen LogP contribution in [0.1, 0.15) is 32.3 Å². The van der Waals surface area contributed by atoms with Gasteiger partial charge in [-0.25, -0.2) is 0 Å². The first-order chi connectivity index (χ1) is 11.0. The molecule has 0 unspecified atom stereocenters. The number of ether oxygens (including phenoxy) is 1. The number of nitrogens with zero attached hydrogens (tertiary/aromatic N) is 1. The fourth-order valence-corrected chi connectivity index (χ4v) is 2.19. The molecule has 0 saturated heterocycles. The van der Waals surface area contributed by atoms with Gasteiger partial charge in [0, 0.05) is 19.5 Å². The molecule has 0 heterocycles. The number of hydrogen-bond acceptors (Lipinski definition) is 3. The summed E-state index contributed by atoms with van der Waals surface area (Å²) in [6.07, 6.45) is 2.79. The number of benzene rings is 1. The minimum absolute atomic E-state index is 0.0235. The highest BCUT2D eigenvalue weighted by molar-refractivity contribution is 5.87. The number of carbonyl (C=O) groups is 2. The Labute approximate surface area is 138 Å². The zero-order chi connectivity index (χ0) is 17.2. The summed E-state index contributed by atoms with van der Waals surface area (Å²) in [5, 5.41) is 2.74. The summed E-state index contributed by atoms with van der Waals surface area (Å²) in [4.78, 5) is 26.2. The molecule has 5 nitrogen and oxygen atoms in total. The van der Waals surface area contributed by atoms with E-state index in [1.165, 1.54) is 0 Å². The molecule has 0 aromatic heterocycles. The number of hydrogen-bond donors (Lipinski definition) is 1. The van der Waals surface area contributed by atoms with Crippen LogP contribution in [-0.2, 0) is 16.1 Å². The summed E-state index contributed by atoms with van der Waals surface area (Å²) in [5.41, 5.74) is 0.957. The quantitative estimate of drug-likeness (QED) is 0.712. The Bertz CT molecular complexity index is 526. The van der Waals surface area contributed by atoms with Crippen LogP contribution in [0.2, 0.25) is 0 Å². The van der Waals surface area contributed by atoms with Crippen molar-refractivity contribution in [3.63, 3.8) is 0 Å². The predicted octanol–water partition coefficient (Wildman–Crippen LogP) is 2.51. The Morgan fingerprint density at radius 3 is 2.52 bits per heavy atom. The van der Waals surface area contributed by atoms with Crippen molar-refractivity contribution in [2.24, 2.45) is 0 Å². The van der Waals surface area contributed by atoms with E-state index in [0.717, 1.165) is 17.7 Å². The van der Waals surface area contributed by atoms with Gasteiger partial charge >= 0.3 is 0 Å². The van der Waals surface area contributed by atoms with E-state index in [4.69, 9.17) is 4.74 Å². The summed E-state index contributed by atoms with van der Waals surface area (Å²) in [6.45, 7) is 8.06. The third kappa shape index (κ3) is 5.77. The van der Waals surface area contributed by atoms with Gasteiger partial charge in [-0.2, -0.15) is 0 Å². The second-order valence-corrected chi connectivity index (χ2v) is 5.33. The molecule has 1 N–H and O–H groups in total. The molecular weight excluding hydrogens is 292 g/mol. The van der Waals surface area contributed by atoms with Crippen molar-refractivity contribution in [3.05, 3.63) is 42.5 Å². The van der Waals surface area contributed by atoms with E-state index in [9.17, 15) is 9.59 Å². The van der Waals surface area contributed by atoms with Crippen molar-refractivity contribution in [3.8, 4) is 5.75 Å². The number of amides is 2. The molecule has 0 bridgehead atoms. The van der Waals surface area contributed by atoms with Crippen LogP contribution in [0.4, 0.5) is 0 Å². The van der Waals surface area contributed by atoms with E-state index in [-0.39, 0.29) is 11.8 Å². The van der Waals surface area contributed by atoms with Crippen molar-refractivity contribution in [2.45, 2.75) is 39.3 Å². The van der Waals surface area contributed by atoms with Gasteiger partial charge in [-0.1, -0.05) is 25.1 Å². The largest absolute Gasteiger partial charge is 0.497 e. The Kier molecular flexibility index (Phi) is 7.88. The zero-order valence-corrected chi connectivity index (χ0v) is 14.2. The third-order valence-corrected chi connectivity index (χ3v) is 3.56. The molecule has 2 amide bonds. The Morgan fingerprint density at radius 1 is 1.35 bits per heavy atom. The molecule has 1 aromatic carbocycles. The first-order valence-corrected chi connectivity index (χ1v) is 7.84. The number of rotatable bonds is 9.